The van der Waals surface area contributed by atoms with E-state index in [-0.39, 0.29) is 24.0 Å². The van der Waals surface area contributed by atoms with Gasteiger partial charge in [-0.2, -0.15) is 0 Å². The molecule has 0 aliphatic carbocycles. The van der Waals surface area contributed by atoms with Crippen molar-refractivity contribution < 1.29 is 23.7 Å². The predicted octanol–water partition coefficient (Wildman–Crippen LogP) is 3.86. The molecule has 2 heterocycles. The van der Waals surface area contributed by atoms with E-state index in [9.17, 15) is 9.59 Å². The molecule has 5 rings (SSSR count). The van der Waals surface area contributed by atoms with Crippen molar-refractivity contribution in [3.05, 3.63) is 71.0 Å². The van der Waals surface area contributed by atoms with E-state index in [2.05, 4.69) is 10.3 Å². The Labute approximate surface area is 204 Å². The van der Waals surface area contributed by atoms with E-state index in [1.807, 2.05) is 6.07 Å². The number of para-hydroxylation sites is 1. The van der Waals surface area contributed by atoms with Crippen LogP contribution < -0.4 is 29.8 Å². The van der Waals surface area contributed by atoms with Crippen LogP contribution in [0.25, 0.3) is 16.6 Å². The number of methoxy groups -OCH3 is 2. The van der Waals surface area contributed by atoms with Gasteiger partial charge in [0.2, 0.25) is 12.7 Å². The monoisotopic (exact) mass is 491 g/mol. The fourth-order valence-corrected chi connectivity index (χ4v) is 4.52. The highest BCUT2D eigenvalue weighted by Gasteiger charge is 2.18. The average Bonchev–Trinajstić information content (AvgIpc) is 3.35. The minimum atomic E-state index is -0.255. The smallest absolute Gasteiger partial charge is 0.266 e. The Bertz CT molecular complexity index is 1490. The Kier molecular flexibility index (Phi) is 6.19. The summed E-state index contributed by atoms with van der Waals surface area (Å²) in [7, 11) is 3.07. The molecule has 178 valence electrons. The van der Waals surface area contributed by atoms with Gasteiger partial charge in [0.1, 0.15) is 0 Å². The molecule has 1 aliphatic heterocycles. The predicted molar refractivity (Wildman–Crippen MR) is 132 cm³/mol. The third-order valence-corrected chi connectivity index (χ3v) is 6.30. The summed E-state index contributed by atoms with van der Waals surface area (Å²) in [6.45, 7) is 0.157. The number of ether oxygens (including phenoxy) is 4. The molecule has 1 aromatic heterocycles. The highest BCUT2D eigenvalue weighted by molar-refractivity contribution is 7.99. The summed E-state index contributed by atoms with van der Waals surface area (Å²) in [5.74, 6) is 2.00. The summed E-state index contributed by atoms with van der Waals surface area (Å²) in [6.07, 6.45) is 0. The fourth-order valence-electron chi connectivity index (χ4n) is 3.70. The number of nitrogens with zero attached hydrogens (tertiary/aromatic N) is 2. The number of carbonyl (C=O) groups excluding carboxylic acids is 1. The number of fused-ring (bicyclic) bond motifs is 2. The largest absolute Gasteiger partial charge is 0.493 e. The van der Waals surface area contributed by atoms with Gasteiger partial charge < -0.3 is 24.3 Å². The Hall–Kier alpha value is -4.18. The van der Waals surface area contributed by atoms with Crippen LogP contribution in [-0.4, -0.2) is 42.2 Å². The lowest BCUT2D eigenvalue weighted by atomic mass is 10.2. The van der Waals surface area contributed by atoms with Crippen molar-refractivity contribution in [1.82, 2.24) is 9.55 Å². The van der Waals surface area contributed by atoms with Gasteiger partial charge in [0.25, 0.3) is 5.56 Å². The second kappa shape index (κ2) is 9.59. The lowest BCUT2D eigenvalue weighted by molar-refractivity contribution is -0.113. The average molecular weight is 492 g/mol. The van der Waals surface area contributed by atoms with Gasteiger partial charge in [-0.15, -0.1) is 0 Å². The second-order valence-electron chi connectivity index (χ2n) is 7.50. The first kappa shape index (κ1) is 22.6. The Morgan fingerprint density at radius 2 is 1.83 bits per heavy atom. The van der Waals surface area contributed by atoms with Crippen LogP contribution in [0.15, 0.2) is 70.6 Å². The number of aromatic nitrogens is 2. The quantitative estimate of drug-likeness (QED) is 0.307. The normalized spacial score (nSPS) is 11.9. The van der Waals surface area contributed by atoms with E-state index in [0.717, 1.165) is 11.8 Å². The zero-order chi connectivity index (χ0) is 24.4. The number of benzene rings is 3. The van der Waals surface area contributed by atoms with Gasteiger partial charge in [-0.05, 0) is 36.4 Å². The molecule has 3 aromatic carbocycles. The molecule has 10 heteroatoms. The summed E-state index contributed by atoms with van der Waals surface area (Å²) < 4.78 is 22.9. The zero-order valence-corrected chi connectivity index (χ0v) is 19.8. The van der Waals surface area contributed by atoms with Crippen LogP contribution >= 0.6 is 11.8 Å². The van der Waals surface area contributed by atoms with E-state index in [1.165, 1.54) is 11.7 Å². The summed E-state index contributed by atoms with van der Waals surface area (Å²) in [5.41, 5.74) is 1.43. The summed E-state index contributed by atoms with van der Waals surface area (Å²) >= 11 is 1.16. The molecular weight excluding hydrogens is 470 g/mol. The number of hydrogen-bond acceptors (Lipinski definition) is 8. The van der Waals surface area contributed by atoms with Gasteiger partial charge in [-0.1, -0.05) is 23.9 Å². The van der Waals surface area contributed by atoms with Gasteiger partial charge in [-0.3, -0.25) is 14.2 Å². The van der Waals surface area contributed by atoms with Crippen LogP contribution in [0.1, 0.15) is 0 Å². The van der Waals surface area contributed by atoms with E-state index >= 15 is 0 Å². The molecule has 1 aliphatic rings. The standard InChI is InChI=1S/C25H21N3O6S/c1-31-19-10-8-16(12-21(19)32-2)28-24(30)17-5-3-4-6-18(17)27-25(28)35-13-23(29)26-15-7-9-20-22(11-15)34-14-33-20/h3-12H,13-14H2,1-2H3,(H,26,29). The molecule has 0 spiro atoms. The van der Waals surface area contributed by atoms with Crippen molar-refractivity contribution >= 4 is 34.3 Å². The van der Waals surface area contributed by atoms with Crippen molar-refractivity contribution in [1.29, 1.82) is 0 Å². The highest BCUT2D eigenvalue weighted by atomic mass is 32.2. The first-order valence-corrected chi connectivity index (χ1v) is 11.6. The molecule has 0 radical (unpaired) electrons. The number of carbonyl (C=O) groups is 1. The number of nitrogens with one attached hydrogen (secondary N) is 1. The zero-order valence-electron chi connectivity index (χ0n) is 18.9. The first-order valence-electron chi connectivity index (χ1n) is 10.6. The van der Waals surface area contributed by atoms with Crippen LogP contribution in [0.4, 0.5) is 5.69 Å². The van der Waals surface area contributed by atoms with Crippen LogP contribution in [0.3, 0.4) is 0 Å². The Morgan fingerprint density at radius 1 is 1.03 bits per heavy atom. The molecule has 0 atom stereocenters. The SMILES string of the molecule is COc1ccc(-n2c(SCC(=O)Nc3ccc4c(c3)OCO4)nc3ccccc3c2=O)cc1OC. The lowest BCUT2D eigenvalue weighted by Crippen LogP contribution is -2.23. The first-order chi connectivity index (χ1) is 17.1. The molecule has 0 fully saturated rings. The Balaban J connectivity index is 1.46. The third kappa shape index (κ3) is 4.47. The van der Waals surface area contributed by atoms with Crippen molar-refractivity contribution in [2.45, 2.75) is 5.16 Å². The number of anilines is 1. The van der Waals surface area contributed by atoms with E-state index < -0.39 is 0 Å². The van der Waals surface area contributed by atoms with Crippen molar-refractivity contribution in [2.75, 3.05) is 32.1 Å². The molecule has 0 saturated heterocycles. The summed E-state index contributed by atoms with van der Waals surface area (Å²) in [4.78, 5) is 30.8. The van der Waals surface area contributed by atoms with Crippen LogP contribution in [0.5, 0.6) is 23.0 Å². The summed E-state index contributed by atoms with van der Waals surface area (Å²) in [5, 5.41) is 3.68. The van der Waals surface area contributed by atoms with E-state index in [0.29, 0.717) is 50.4 Å². The Morgan fingerprint density at radius 3 is 2.66 bits per heavy atom. The maximum atomic E-state index is 13.5. The molecule has 35 heavy (non-hydrogen) atoms. The van der Waals surface area contributed by atoms with Crippen molar-refractivity contribution in [3.63, 3.8) is 0 Å². The minimum Gasteiger partial charge on any atom is -0.493 e. The number of amides is 1. The van der Waals surface area contributed by atoms with E-state index in [4.69, 9.17) is 18.9 Å². The van der Waals surface area contributed by atoms with Gasteiger partial charge in [-0.25, -0.2) is 4.98 Å². The van der Waals surface area contributed by atoms with Crippen LogP contribution in [0.2, 0.25) is 0 Å². The molecule has 0 unspecified atom stereocenters. The molecule has 1 N–H and O–H groups in total. The minimum absolute atomic E-state index is 0.0342. The highest BCUT2D eigenvalue weighted by Crippen LogP contribution is 2.34. The molecular formula is C25H21N3O6S. The van der Waals surface area contributed by atoms with Crippen LogP contribution in [-0.2, 0) is 4.79 Å². The number of thioether (sulfide) groups is 1. The summed E-state index contributed by atoms with van der Waals surface area (Å²) in [6, 6.07) is 17.5. The number of hydrogen-bond donors (Lipinski definition) is 1. The lowest BCUT2D eigenvalue weighted by Gasteiger charge is -2.15. The molecule has 9 nitrogen and oxygen atoms in total. The topological polar surface area (TPSA) is 101 Å². The van der Waals surface area contributed by atoms with Gasteiger partial charge in [0.15, 0.2) is 28.2 Å². The molecule has 4 aromatic rings. The van der Waals surface area contributed by atoms with Gasteiger partial charge in [0.05, 0.1) is 36.6 Å². The van der Waals surface area contributed by atoms with Gasteiger partial charge >= 0.3 is 0 Å². The third-order valence-electron chi connectivity index (χ3n) is 5.36. The van der Waals surface area contributed by atoms with Crippen LogP contribution in [0, 0.1) is 0 Å². The molecule has 0 bridgehead atoms. The van der Waals surface area contributed by atoms with Gasteiger partial charge in [0, 0.05) is 17.8 Å². The second-order valence-corrected chi connectivity index (χ2v) is 8.44. The van der Waals surface area contributed by atoms with Crippen molar-refractivity contribution in [3.8, 4) is 28.7 Å². The van der Waals surface area contributed by atoms with Crippen molar-refractivity contribution in [2.24, 2.45) is 0 Å². The molecule has 1 amide bonds. The molecule has 0 saturated carbocycles. The maximum absolute atomic E-state index is 13.5. The fraction of sp³-hybridized carbons (Fsp3) is 0.160. The van der Waals surface area contributed by atoms with E-state index in [1.54, 1.807) is 61.7 Å². The number of rotatable bonds is 7. The maximum Gasteiger partial charge on any atom is 0.266 e.